The summed E-state index contributed by atoms with van der Waals surface area (Å²) in [7, 11) is 1.52. The lowest BCUT2D eigenvalue weighted by Gasteiger charge is -1.93. The first-order valence-electron chi connectivity index (χ1n) is 3.86. The van der Waals surface area contributed by atoms with E-state index in [4.69, 9.17) is 17.0 Å². The predicted molar refractivity (Wildman–Crippen MR) is 67.0 cm³/mol. The van der Waals surface area contributed by atoms with Crippen LogP contribution < -0.4 is 10.1 Å². The van der Waals surface area contributed by atoms with E-state index in [0.29, 0.717) is 21.0 Å². The van der Waals surface area contributed by atoms with Crippen LogP contribution in [-0.4, -0.2) is 26.4 Å². The van der Waals surface area contributed by atoms with E-state index in [9.17, 15) is 0 Å². The van der Waals surface area contributed by atoms with Crippen LogP contribution in [0.15, 0.2) is 6.20 Å². The third kappa shape index (κ3) is 2.33. The van der Waals surface area contributed by atoms with Gasteiger partial charge < -0.3 is 10.1 Å². The predicted octanol–water partition coefficient (Wildman–Crippen LogP) is 1.72. The number of thiocarbonyl (C=S) groups is 1. The Morgan fingerprint density at radius 1 is 1.60 bits per heavy atom. The van der Waals surface area contributed by atoms with Crippen LogP contribution in [0.2, 0.25) is 0 Å². The van der Waals surface area contributed by atoms with Gasteiger partial charge in [0, 0.05) is 0 Å². The number of fused-ring (bicyclic) bond motifs is 1. The zero-order valence-corrected chi connectivity index (χ0v) is 10.1. The summed E-state index contributed by atoms with van der Waals surface area (Å²) in [5.74, 6) is 0. The van der Waals surface area contributed by atoms with E-state index in [1.807, 2.05) is 0 Å². The number of thiazole rings is 1. The van der Waals surface area contributed by atoms with E-state index in [0.717, 1.165) is 4.83 Å². The molecule has 0 aliphatic heterocycles. The molecule has 0 aliphatic rings. The van der Waals surface area contributed by atoms with E-state index >= 15 is 0 Å². The molecule has 5 nitrogen and oxygen atoms in total. The molecular formula is C7H6N4OS3. The van der Waals surface area contributed by atoms with E-state index in [-0.39, 0.29) is 0 Å². The van der Waals surface area contributed by atoms with Gasteiger partial charge in [-0.3, -0.25) is 0 Å². The van der Waals surface area contributed by atoms with E-state index in [1.54, 1.807) is 6.20 Å². The number of anilines is 1. The van der Waals surface area contributed by atoms with Gasteiger partial charge in [-0.2, -0.15) is 4.98 Å². The van der Waals surface area contributed by atoms with Crippen LogP contribution in [-0.2, 0) is 0 Å². The first kappa shape index (κ1) is 10.5. The summed E-state index contributed by atoms with van der Waals surface area (Å²) >= 11 is 10.1. The van der Waals surface area contributed by atoms with Crippen molar-refractivity contribution in [1.82, 2.24) is 15.0 Å². The van der Waals surface area contributed by atoms with Crippen LogP contribution >= 0.6 is 36.2 Å². The molecule has 2 heterocycles. The van der Waals surface area contributed by atoms with Crippen molar-refractivity contribution in [2.45, 2.75) is 0 Å². The molecule has 78 valence electrons. The first-order chi connectivity index (χ1) is 7.19. The third-order valence-electron chi connectivity index (χ3n) is 1.53. The highest BCUT2D eigenvalue weighted by atomic mass is 32.1. The molecule has 0 aliphatic carbocycles. The van der Waals surface area contributed by atoms with Crippen LogP contribution in [0.25, 0.3) is 10.3 Å². The van der Waals surface area contributed by atoms with Gasteiger partial charge in [0.05, 0.1) is 13.3 Å². The Kier molecular flexibility index (Phi) is 2.98. The fraction of sp³-hybridized carbons (Fsp3) is 0.143. The molecule has 0 saturated heterocycles. The average molecular weight is 258 g/mol. The van der Waals surface area contributed by atoms with Gasteiger partial charge in [0.1, 0.15) is 9.84 Å². The Balaban J connectivity index is 2.42. The van der Waals surface area contributed by atoms with Gasteiger partial charge in [-0.05, 0) is 0 Å². The molecule has 0 atom stereocenters. The monoisotopic (exact) mass is 258 g/mol. The van der Waals surface area contributed by atoms with Gasteiger partial charge in [-0.1, -0.05) is 23.6 Å². The normalized spacial score (nSPS) is 10.3. The second-order valence-electron chi connectivity index (χ2n) is 2.50. The molecule has 2 aromatic rings. The maximum Gasteiger partial charge on any atom is 0.317 e. The van der Waals surface area contributed by atoms with Crippen molar-refractivity contribution in [2.75, 3.05) is 12.4 Å². The van der Waals surface area contributed by atoms with Gasteiger partial charge in [0.25, 0.3) is 0 Å². The molecule has 2 aromatic heterocycles. The number of ether oxygens (including phenoxy) is 1. The quantitative estimate of drug-likeness (QED) is 0.632. The summed E-state index contributed by atoms with van der Waals surface area (Å²) in [6.07, 6.45) is 1.60. The molecule has 15 heavy (non-hydrogen) atoms. The summed E-state index contributed by atoms with van der Waals surface area (Å²) in [6, 6.07) is 0.325. The van der Waals surface area contributed by atoms with E-state index in [1.165, 1.54) is 18.4 Å². The smallest absolute Gasteiger partial charge is 0.317 e. The van der Waals surface area contributed by atoms with Gasteiger partial charge in [0.15, 0.2) is 9.96 Å². The molecule has 0 fully saturated rings. The fourth-order valence-corrected chi connectivity index (χ4v) is 2.11. The van der Waals surface area contributed by atoms with Crippen molar-refractivity contribution < 1.29 is 4.74 Å². The van der Waals surface area contributed by atoms with Gasteiger partial charge in [-0.25, -0.2) is 9.97 Å². The summed E-state index contributed by atoms with van der Waals surface area (Å²) in [4.78, 5) is 13.0. The van der Waals surface area contributed by atoms with E-state index < -0.39 is 0 Å². The van der Waals surface area contributed by atoms with Crippen molar-refractivity contribution >= 4 is 56.0 Å². The lowest BCUT2D eigenvalue weighted by atomic mass is 10.6. The van der Waals surface area contributed by atoms with Gasteiger partial charge in [-0.15, -0.1) is 12.6 Å². The number of thiol groups is 1. The van der Waals surface area contributed by atoms with Crippen LogP contribution in [0.4, 0.5) is 5.13 Å². The Morgan fingerprint density at radius 3 is 3.07 bits per heavy atom. The largest absolute Gasteiger partial charge is 0.467 e. The van der Waals surface area contributed by atoms with Gasteiger partial charge >= 0.3 is 6.01 Å². The Morgan fingerprint density at radius 2 is 2.40 bits per heavy atom. The Hall–Kier alpha value is -0.990. The second-order valence-corrected chi connectivity index (χ2v) is 4.63. The topological polar surface area (TPSA) is 59.9 Å². The van der Waals surface area contributed by atoms with Crippen molar-refractivity contribution in [1.29, 1.82) is 0 Å². The molecule has 0 aromatic carbocycles. The minimum atomic E-state index is 0.325. The highest BCUT2D eigenvalue weighted by Crippen LogP contribution is 2.24. The van der Waals surface area contributed by atoms with Crippen molar-refractivity contribution in [3.8, 4) is 6.01 Å². The van der Waals surface area contributed by atoms with Crippen LogP contribution in [0.1, 0.15) is 0 Å². The Bertz CT molecular complexity index is 512. The molecule has 0 amide bonds. The maximum absolute atomic E-state index is 4.91. The molecule has 2 rings (SSSR count). The number of nitrogens with one attached hydrogen (secondary N) is 1. The van der Waals surface area contributed by atoms with Crippen LogP contribution in [0.3, 0.4) is 0 Å². The molecule has 0 radical (unpaired) electrons. The number of nitrogens with zero attached hydrogens (tertiary/aromatic N) is 3. The maximum atomic E-state index is 4.91. The highest BCUT2D eigenvalue weighted by Gasteiger charge is 2.07. The van der Waals surface area contributed by atoms with Gasteiger partial charge in [0.2, 0.25) is 0 Å². The molecule has 0 unspecified atom stereocenters. The van der Waals surface area contributed by atoms with Crippen molar-refractivity contribution in [3.05, 3.63) is 6.20 Å². The summed E-state index contributed by atoms with van der Waals surface area (Å²) in [5, 5.41) is 3.47. The van der Waals surface area contributed by atoms with Crippen LogP contribution in [0.5, 0.6) is 6.01 Å². The summed E-state index contributed by atoms with van der Waals surface area (Å²) < 4.78 is 5.28. The second kappa shape index (κ2) is 4.25. The minimum Gasteiger partial charge on any atom is -0.467 e. The fourth-order valence-electron chi connectivity index (χ4n) is 0.963. The SMILES string of the molecule is COc1ncc2nc(NC(=S)S)sc2n1. The zero-order chi connectivity index (χ0) is 10.8. The molecule has 1 N–H and O–H groups in total. The lowest BCUT2D eigenvalue weighted by molar-refractivity contribution is 0.382. The Labute approximate surface area is 100 Å². The number of rotatable bonds is 2. The lowest BCUT2D eigenvalue weighted by Crippen LogP contribution is -1.99. The number of methoxy groups -OCH3 is 1. The average Bonchev–Trinajstić information content (AvgIpc) is 2.57. The minimum absolute atomic E-state index is 0.325. The highest BCUT2D eigenvalue weighted by molar-refractivity contribution is 8.11. The molecule has 8 heteroatoms. The van der Waals surface area contributed by atoms with Crippen LogP contribution in [0, 0.1) is 0 Å². The van der Waals surface area contributed by atoms with Crippen molar-refractivity contribution in [2.24, 2.45) is 0 Å². The standard InChI is InChI=1S/C7H6N4OS3/c1-12-5-8-2-3-4(10-5)15-6(9-3)11-7(13)14/h2H,1H3,(H2,9,11,13,14). The number of aromatic nitrogens is 3. The molecular weight excluding hydrogens is 252 g/mol. The zero-order valence-electron chi connectivity index (χ0n) is 7.59. The molecule has 0 saturated carbocycles. The van der Waals surface area contributed by atoms with Crippen molar-refractivity contribution in [3.63, 3.8) is 0 Å². The molecule has 0 spiro atoms. The van der Waals surface area contributed by atoms with E-state index in [2.05, 4.69) is 32.9 Å². The number of hydrogen-bond acceptors (Lipinski definition) is 6. The summed E-state index contributed by atoms with van der Waals surface area (Å²) in [5.41, 5.74) is 0.702. The molecule has 0 bridgehead atoms. The first-order valence-corrected chi connectivity index (χ1v) is 5.54. The number of hydrogen-bond donors (Lipinski definition) is 2. The third-order valence-corrected chi connectivity index (χ3v) is 2.62. The summed E-state index contributed by atoms with van der Waals surface area (Å²) in [6.45, 7) is 0.